The minimum absolute atomic E-state index is 0.160. The lowest BCUT2D eigenvalue weighted by atomic mass is 9.85. The van der Waals surface area contributed by atoms with Crippen molar-refractivity contribution < 1.29 is 4.79 Å². The van der Waals surface area contributed by atoms with Crippen molar-refractivity contribution in [2.24, 2.45) is 5.73 Å². The van der Waals surface area contributed by atoms with E-state index in [2.05, 4.69) is 4.98 Å². The summed E-state index contributed by atoms with van der Waals surface area (Å²) >= 11 is 12.1. The van der Waals surface area contributed by atoms with Gasteiger partial charge in [0.15, 0.2) is 5.43 Å². The highest BCUT2D eigenvalue weighted by Crippen LogP contribution is 2.33. The van der Waals surface area contributed by atoms with Crippen molar-refractivity contribution in [2.75, 3.05) is 0 Å². The van der Waals surface area contributed by atoms with Crippen LogP contribution in [0.3, 0.4) is 0 Å². The molecule has 1 heterocycles. The zero-order valence-corrected chi connectivity index (χ0v) is 12.0. The van der Waals surface area contributed by atoms with Gasteiger partial charge in [0.1, 0.15) is 0 Å². The first-order valence-electron chi connectivity index (χ1n) is 6.32. The zero-order chi connectivity index (χ0) is 14.4. The number of H-pyrrole nitrogens is 1. The second-order valence-corrected chi connectivity index (χ2v) is 5.76. The number of aromatic amines is 1. The van der Waals surface area contributed by atoms with Gasteiger partial charge < -0.3 is 10.7 Å². The molecule has 1 atom stereocenters. The highest BCUT2D eigenvalue weighted by Gasteiger charge is 2.28. The Hall–Kier alpha value is -1.52. The molecule has 20 heavy (non-hydrogen) atoms. The van der Waals surface area contributed by atoms with Crippen LogP contribution in [0.15, 0.2) is 16.9 Å². The van der Waals surface area contributed by atoms with Gasteiger partial charge in [0, 0.05) is 11.3 Å². The Morgan fingerprint density at radius 2 is 2.10 bits per heavy atom. The van der Waals surface area contributed by atoms with E-state index in [1.807, 2.05) is 0 Å². The van der Waals surface area contributed by atoms with Gasteiger partial charge in [-0.25, -0.2) is 0 Å². The normalized spacial score (nSPS) is 18.0. The summed E-state index contributed by atoms with van der Waals surface area (Å²) in [6.45, 7) is 0. The minimum Gasteiger partial charge on any atom is -0.369 e. The molecule has 0 fully saturated rings. The topological polar surface area (TPSA) is 76.0 Å². The maximum absolute atomic E-state index is 12.6. The second kappa shape index (κ2) is 4.79. The first-order chi connectivity index (χ1) is 9.50. The van der Waals surface area contributed by atoms with Crippen molar-refractivity contribution in [3.8, 4) is 0 Å². The molecule has 3 N–H and O–H groups in total. The van der Waals surface area contributed by atoms with Crippen molar-refractivity contribution >= 4 is 40.0 Å². The van der Waals surface area contributed by atoms with Crippen LogP contribution < -0.4 is 11.2 Å². The third kappa shape index (κ3) is 1.91. The van der Waals surface area contributed by atoms with E-state index in [0.29, 0.717) is 40.0 Å². The molecule has 2 aromatic rings. The molecule has 6 heteroatoms. The molecule has 104 valence electrons. The summed E-state index contributed by atoms with van der Waals surface area (Å²) in [5.41, 5.74) is 7.06. The van der Waals surface area contributed by atoms with Gasteiger partial charge in [-0.15, -0.1) is 0 Å². The molecular weight excluding hydrogens is 299 g/mol. The van der Waals surface area contributed by atoms with Crippen molar-refractivity contribution in [1.29, 1.82) is 0 Å². The number of benzene rings is 1. The number of nitrogens with two attached hydrogens (primary N) is 1. The van der Waals surface area contributed by atoms with Crippen LogP contribution in [-0.2, 0) is 11.2 Å². The van der Waals surface area contributed by atoms with Crippen LogP contribution in [0.4, 0.5) is 0 Å². The molecule has 0 aliphatic heterocycles. The number of aromatic nitrogens is 1. The van der Waals surface area contributed by atoms with Crippen molar-refractivity contribution in [3.05, 3.63) is 43.7 Å². The lowest BCUT2D eigenvalue weighted by Gasteiger charge is -2.23. The summed E-state index contributed by atoms with van der Waals surface area (Å²) in [7, 11) is 0. The third-order valence-electron chi connectivity index (χ3n) is 3.80. The summed E-state index contributed by atoms with van der Waals surface area (Å²) in [6, 6.07) is 3.31. The molecule has 1 aromatic heterocycles. The highest BCUT2D eigenvalue weighted by molar-refractivity contribution is 6.45. The number of rotatable bonds is 1. The number of carbonyl (C=O) groups excluding carboxylic acids is 1. The number of amides is 1. The molecule has 0 unspecified atom stereocenters. The lowest BCUT2D eigenvalue weighted by molar-refractivity contribution is -0.119. The second-order valence-electron chi connectivity index (χ2n) is 4.98. The van der Waals surface area contributed by atoms with Crippen LogP contribution in [0.2, 0.25) is 10.0 Å². The summed E-state index contributed by atoms with van der Waals surface area (Å²) < 4.78 is 0. The predicted molar refractivity (Wildman–Crippen MR) is 79.5 cm³/mol. The number of pyridine rings is 1. The predicted octanol–water partition coefficient (Wildman–Crippen LogP) is 2.74. The van der Waals surface area contributed by atoms with Gasteiger partial charge in [-0.2, -0.15) is 0 Å². The molecule has 1 aromatic carbocycles. The number of hydrogen-bond acceptors (Lipinski definition) is 2. The Balaban J connectivity index is 2.39. The van der Waals surface area contributed by atoms with E-state index in [-0.39, 0.29) is 10.5 Å². The van der Waals surface area contributed by atoms with Crippen molar-refractivity contribution in [2.45, 2.75) is 25.2 Å². The lowest BCUT2D eigenvalue weighted by Crippen LogP contribution is -2.29. The number of fused-ring (bicyclic) bond motifs is 2. The minimum atomic E-state index is -0.440. The van der Waals surface area contributed by atoms with E-state index in [1.54, 1.807) is 12.1 Å². The molecule has 0 radical (unpaired) electrons. The Kier molecular flexibility index (Phi) is 3.22. The molecule has 0 bridgehead atoms. The molecule has 0 spiro atoms. The summed E-state index contributed by atoms with van der Waals surface area (Å²) in [4.78, 5) is 27.3. The Bertz CT molecular complexity index is 783. The molecule has 3 rings (SSSR count). The van der Waals surface area contributed by atoms with Gasteiger partial charge in [-0.1, -0.05) is 23.2 Å². The van der Waals surface area contributed by atoms with E-state index >= 15 is 0 Å². The smallest absolute Gasteiger partial charge is 0.226 e. The van der Waals surface area contributed by atoms with E-state index in [9.17, 15) is 9.59 Å². The SMILES string of the molecule is NC(=O)[C@H]1CCCc2c1[nH]c1ccc(Cl)c(Cl)c1c2=O. The van der Waals surface area contributed by atoms with Crippen LogP contribution in [0, 0.1) is 0 Å². The van der Waals surface area contributed by atoms with Crippen LogP contribution in [-0.4, -0.2) is 10.9 Å². The fraction of sp³-hybridized carbons (Fsp3) is 0.286. The average Bonchev–Trinajstić information content (AvgIpc) is 2.42. The number of nitrogens with one attached hydrogen (secondary N) is 1. The molecule has 0 saturated carbocycles. The zero-order valence-electron chi connectivity index (χ0n) is 10.5. The number of halogens is 2. The van der Waals surface area contributed by atoms with Crippen LogP contribution in [0.1, 0.15) is 30.0 Å². The summed E-state index contributed by atoms with van der Waals surface area (Å²) in [5, 5.41) is 0.962. The average molecular weight is 311 g/mol. The van der Waals surface area contributed by atoms with Crippen molar-refractivity contribution in [3.63, 3.8) is 0 Å². The van der Waals surface area contributed by atoms with Gasteiger partial charge in [-0.05, 0) is 31.4 Å². The van der Waals surface area contributed by atoms with Crippen molar-refractivity contribution in [1.82, 2.24) is 4.98 Å². The molecule has 0 saturated heterocycles. The summed E-state index contributed by atoms with van der Waals surface area (Å²) in [6.07, 6.45) is 2.03. The van der Waals surface area contributed by atoms with Gasteiger partial charge >= 0.3 is 0 Å². The Morgan fingerprint density at radius 1 is 1.35 bits per heavy atom. The van der Waals surface area contributed by atoms with E-state index in [0.717, 1.165) is 6.42 Å². The third-order valence-corrected chi connectivity index (χ3v) is 4.61. The quantitative estimate of drug-likeness (QED) is 0.849. The maximum Gasteiger partial charge on any atom is 0.226 e. The largest absolute Gasteiger partial charge is 0.369 e. The van der Waals surface area contributed by atoms with Gasteiger partial charge in [0.2, 0.25) is 5.91 Å². The number of carbonyl (C=O) groups is 1. The van der Waals surface area contributed by atoms with E-state index < -0.39 is 11.8 Å². The van der Waals surface area contributed by atoms with E-state index in [4.69, 9.17) is 28.9 Å². The van der Waals surface area contributed by atoms with Gasteiger partial charge in [-0.3, -0.25) is 9.59 Å². The van der Waals surface area contributed by atoms with Gasteiger partial charge in [0.05, 0.1) is 26.9 Å². The number of primary amides is 1. The first-order valence-corrected chi connectivity index (χ1v) is 7.08. The summed E-state index contributed by atoms with van der Waals surface area (Å²) in [5.74, 6) is -0.855. The molecule has 1 amide bonds. The van der Waals surface area contributed by atoms with Crippen LogP contribution in [0.25, 0.3) is 10.9 Å². The monoisotopic (exact) mass is 310 g/mol. The Morgan fingerprint density at radius 3 is 2.80 bits per heavy atom. The molecule has 1 aliphatic carbocycles. The Labute approximate surface area is 124 Å². The maximum atomic E-state index is 12.6. The molecule has 1 aliphatic rings. The molecular formula is C14H12Cl2N2O2. The van der Waals surface area contributed by atoms with Gasteiger partial charge in [0.25, 0.3) is 0 Å². The van der Waals surface area contributed by atoms with E-state index in [1.165, 1.54) is 0 Å². The molecule has 4 nitrogen and oxygen atoms in total. The first kappa shape index (κ1) is 13.5. The standard InChI is InChI=1S/C14H12Cl2N2O2/c15-8-4-5-9-10(11(8)16)13(19)6-2-1-3-7(14(17)20)12(6)18-9/h4-5,7H,1-3H2,(H2,17,20)(H,18,19)/t7-/m0/s1. The van der Waals surface area contributed by atoms with Crippen LogP contribution in [0.5, 0.6) is 0 Å². The fourth-order valence-corrected chi connectivity index (χ4v) is 3.24. The fourth-order valence-electron chi connectivity index (χ4n) is 2.83. The van der Waals surface area contributed by atoms with Crippen LogP contribution >= 0.6 is 23.2 Å². The number of hydrogen-bond donors (Lipinski definition) is 2. The highest BCUT2D eigenvalue weighted by atomic mass is 35.5.